The smallest absolute Gasteiger partial charge is 0.322 e. The molecule has 2 heterocycles. The number of hydrogen-bond donors (Lipinski definition) is 2. The molecule has 3 aromatic rings. The number of hydrogen-bond acceptors (Lipinski definition) is 4. The molecule has 1 aromatic carbocycles. The molecule has 0 unspecified atom stereocenters. The van der Waals surface area contributed by atoms with Crippen molar-refractivity contribution in [2.45, 2.75) is 26.2 Å². The predicted octanol–water partition coefficient (Wildman–Crippen LogP) is 2.22. The number of anilines is 1. The summed E-state index contributed by atoms with van der Waals surface area (Å²) in [5, 5.41) is 2.98. The van der Waals surface area contributed by atoms with Gasteiger partial charge in [0.1, 0.15) is 5.65 Å². The number of aromatic amines is 1. The van der Waals surface area contributed by atoms with Gasteiger partial charge in [0.2, 0.25) is 0 Å². The second kappa shape index (κ2) is 7.35. The van der Waals surface area contributed by atoms with Crippen LogP contribution in [0, 0.1) is 0 Å². The van der Waals surface area contributed by atoms with E-state index in [1.807, 2.05) is 24.3 Å². The standard InChI is InChI=1S/C19H20N4O3/c1-3-4-5-12-6-8-14(9-7-12)21-17(24)13-10-15-16(20-11-13)23(2)19(26)22-18(15)25/h6-11H,3-5H2,1-2H3,(H,21,24)(H,22,25,26). The molecule has 0 bridgehead atoms. The van der Waals surface area contributed by atoms with Crippen LogP contribution in [0.4, 0.5) is 5.69 Å². The van der Waals surface area contributed by atoms with Gasteiger partial charge in [0.25, 0.3) is 11.5 Å². The van der Waals surface area contributed by atoms with E-state index in [1.54, 1.807) is 0 Å². The van der Waals surface area contributed by atoms with Crippen molar-refractivity contribution in [3.63, 3.8) is 0 Å². The van der Waals surface area contributed by atoms with Crippen LogP contribution in [0.2, 0.25) is 0 Å². The van der Waals surface area contributed by atoms with Crippen LogP contribution in [0.1, 0.15) is 35.7 Å². The largest absolute Gasteiger partial charge is 0.329 e. The normalized spacial score (nSPS) is 10.8. The minimum absolute atomic E-state index is 0.190. The zero-order chi connectivity index (χ0) is 18.7. The van der Waals surface area contributed by atoms with Gasteiger partial charge in [-0.15, -0.1) is 0 Å². The van der Waals surface area contributed by atoms with Gasteiger partial charge in [-0.05, 0) is 36.6 Å². The third kappa shape index (κ3) is 3.56. The van der Waals surface area contributed by atoms with E-state index in [0.717, 1.165) is 19.3 Å². The third-order valence-electron chi connectivity index (χ3n) is 4.25. The lowest BCUT2D eigenvalue weighted by molar-refractivity contribution is 0.102. The molecule has 0 fully saturated rings. The van der Waals surface area contributed by atoms with Crippen molar-refractivity contribution < 1.29 is 4.79 Å². The number of aromatic nitrogens is 3. The lowest BCUT2D eigenvalue weighted by Gasteiger charge is -2.08. The molecular weight excluding hydrogens is 332 g/mol. The molecule has 2 aromatic heterocycles. The van der Waals surface area contributed by atoms with E-state index in [4.69, 9.17) is 0 Å². The van der Waals surface area contributed by atoms with Gasteiger partial charge in [-0.2, -0.15) is 0 Å². The second-order valence-corrected chi connectivity index (χ2v) is 6.17. The minimum atomic E-state index is -0.564. The van der Waals surface area contributed by atoms with E-state index >= 15 is 0 Å². The summed E-state index contributed by atoms with van der Waals surface area (Å²) in [4.78, 5) is 42.3. The average molecular weight is 352 g/mol. The molecule has 0 aliphatic heterocycles. The topological polar surface area (TPSA) is 96.8 Å². The number of benzene rings is 1. The van der Waals surface area contributed by atoms with Gasteiger partial charge in [0.05, 0.1) is 10.9 Å². The maximum absolute atomic E-state index is 12.4. The van der Waals surface area contributed by atoms with Gasteiger partial charge in [0, 0.05) is 18.9 Å². The fourth-order valence-corrected chi connectivity index (χ4v) is 2.70. The number of unbranched alkanes of at least 4 members (excludes halogenated alkanes) is 1. The van der Waals surface area contributed by atoms with Crippen LogP contribution < -0.4 is 16.6 Å². The molecule has 0 aliphatic rings. The van der Waals surface area contributed by atoms with Crippen molar-refractivity contribution in [2.24, 2.45) is 7.05 Å². The summed E-state index contributed by atoms with van der Waals surface area (Å²) < 4.78 is 1.23. The van der Waals surface area contributed by atoms with Gasteiger partial charge in [0.15, 0.2) is 0 Å². The molecule has 7 nitrogen and oxygen atoms in total. The lowest BCUT2D eigenvalue weighted by atomic mass is 10.1. The maximum atomic E-state index is 12.4. The van der Waals surface area contributed by atoms with Crippen LogP contribution >= 0.6 is 0 Å². The first-order chi connectivity index (χ1) is 12.5. The molecule has 0 atom stereocenters. The number of nitrogens with one attached hydrogen (secondary N) is 2. The van der Waals surface area contributed by atoms with Gasteiger partial charge in [-0.1, -0.05) is 25.5 Å². The number of amides is 1. The number of carbonyl (C=O) groups excluding carboxylic acids is 1. The Hall–Kier alpha value is -3.22. The Morgan fingerprint density at radius 3 is 2.65 bits per heavy atom. The Morgan fingerprint density at radius 2 is 1.96 bits per heavy atom. The Bertz CT molecular complexity index is 1060. The summed E-state index contributed by atoms with van der Waals surface area (Å²) in [5.41, 5.74) is 1.27. The van der Waals surface area contributed by atoms with Crippen molar-refractivity contribution in [1.82, 2.24) is 14.5 Å². The van der Waals surface area contributed by atoms with E-state index in [0.29, 0.717) is 5.69 Å². The minimum Gasteiger partial charge on any atom is -0.322 e. The van der Waals surface area contributed by atoms with Crippen LogP contribution in [0.15, 0.2) is 46.1 Å². The first-order valence-corrected chi connectivity index (χ1v) is 8.49. The highest BCUT2D eigenvalue weighted by molar-refractivity contribution is 6.05. The number of pyridine rings is 1. The highest BCUT2D eigenvalue weighted by atomic mass is 16.2. The van der Waals surface area contributed by atoms with Crippen LogP contribution in [0.25, 0.3) is 11.0 Å². The Balaban J connectivity index is 1.84. The molecule has 0 spiro atoms. The fraction of sp³-hybridized carbons (Fsp3) is 0.263. The van der Waals surface area contributed by atoms with Gasteiger partial charge < -0.3 is 5.32 Å². The predicted molar refractivity (Wildman–Crippen MR) is 101 cm³/mol. The Labute approximate surface area is 149 Å². The summed E-state index contributed by atoms with van der Waals surface area (Å²) in [6, 6.07) is 9.13. The summed E-state index contributed by atoms with van der Waals surface area (Å²) in [7, 11) is 1.51. The van der Waals surface area contributed by atoms with Crippen molar-refractivity contribution in [3.8, 4) is 0 Å². The summed E-state index contributed by atoms with van der Waals surface area (Å²) >= 11 is 0. The molecule has 0 radical (unpaired) electrons. The number of aryl methyl sites for hydroxylation is 2. The monoisotopic (exact) mass is 352 g/mol. The molecular formula is C19H20N4O3. The van der Waals surface area contributed by atoms with E-state index in [1.165, 1.54) is 29.4 Å². The van der Waals surface area contributed by atoms with E-state index in [2.05, 4.69) is 22.2 Å². The average Bonchev–Trinajstić information content (AvgIpc) is 2.65. The molecule has 7 heteroatoms. The summed E-state index contributed by atoms with van der Waals surface area (Å²) in [6.45, 7) is 2.15. The van der Waals surface area contributed by atoms with Crippen molar-refractivity contribution in [2.75, 3.05) is 5.32 Å². The number of H-pyrrole nitrogens is 1. The van der Waals surface area contributed by atoms with Gasteiger partial charge >= 0.3 is 5.69 Å². The van der Waals surface area contributed by atoms with Crippen LogP contribution in [0.3, 0.4) is 0 Å². The molecule has 0 saturated heterocycles. The Kier molecular flexibility index (Phi) is 4.97. The summed E-state index contributed by atoms with van der Waals surface area (Å²) in [6.07, 6.45) is 4.64. The molecule has 134 valence electrons. The molecule has 2 N–H and O–H groups in total. The van der Waals surface area contributed by atoms with Crippen LogP contribution in [0.5, 0.6) is 0 Å². The van der Waals surface area contributed by atoms with Crippen LogP contribution in [-0.4, -0.2) is 20.4 Å². The summed E-state index contributed by atoms with van der Waals surface area (Å²) in [5.74, 6) is -0.367. The number of carbonyl (C=O) groups is 1. The third-order valence-corrected chi connectivity index (χ3v) is 4.25. The number of nitrogens with zero attached hydrogens (tertiary/aromatic N) is 2. The van der Waals surface area contributed by atoms with Gasteiger partial charge in [-0.25, -0.2) is 9.78 Å². The molecule has 26 heavy (non-hydrogen) atoms. The zero-order valence-corrected chi connectivity index (χ0v) is 14.7. The van der Waals surface area contributed by atoms with Crippen molar-refractivity contribution >= 4 is 22.6 Å². The second-order valence-electron chi connectivity index (χ2n) is 6.17. The lowest BCUT2D eigenvalue weighted by Crippen LogP contribution is -2.29. The molecule has 3 rings (SSSR count). The molecule has 0 aliphatic carbocycles. The molecule has 0 saturated carbocycles. The first kappa shape index (κ1) is 17.6. The number of fused-ring (bicyclic) bond motifs is 1. The van der Waals surface area contributed by atoms with Crippen molar-refractivity contribution in [3.05, 3.63) is 68.5 Å². The molecule has 1 amide bonds. The fourth-order valence-electron chi connectivity index (χ4n) is 2.70. The van der Waals surface area contributed by atoms with Gasteiger partial charge in [-0.3, -0.25) is 19.1 Å². The quantitative estimate of drug-likeness (QED) is 0.736. The highest BCUT2D eigenvalue weighted by Crippen LogP contribution is 2.14. The van der Waals surface area contributed by atoms with E-state index in [9.17, 15) is 14.4 Å². The SMILES string of the molecule is CCCCc1ccc(NC(=O)c2cnc3c(c2)c(=O)[nH]c(=O)n3C)cc1. The Morgan fingerprint density at radius 1 is 1.23 bits per heavy atom. The van der Waals surface area contributed by atoms with E-state index < -0.39 is 11.2 Å². The highest BCUT2D eigenvalue weighted by Gasteiger charge is 2.12. The van der Waals surface area contributed by atoms with Crippen molar-refractivity contribution in [1.29, 1.82) is 0 Å². The van der Waals surface area contributed by atoms with E-state index in [-0.39, 0.29) is 22.5 Å². The number of rotatable bonds is 5. The first-order valence-electron chi connectivity index (χ1n) is 8.49. The maximum Gasteiger partial charge on any atom is 0.329 e. The van der Waals surface area contributed by atoms with Crippen LogP contribution in [-0.2, 0) is 13.5 Å². The zero-order valence-electron chi connectivity index (χ0n) is 14.7.